The highest BCUT2D eigenvalue weighted by molar-refractivity contribution is 5.93. The quantitative estimate of drug-likeness (QED) is 0.722. The number of hydrogen-bond acceptors (Lipinski definition) is 4. The lowest BCUT2D eigenvalue weighted by atomic mass is 10.1. The third kappa shape index (κ3) is 4.21. The maximum Gasteiger partial charge on any atom is 0.269 e. The van der Waals surface area contributed by atoms with Crippen LogP contribution in [0.1, 0.15) is 30.3 Å². The Labute approximate surface area is 114 Å². The lowest BCUT2D eigenvalue weighted by molar-refractivity contribution is 0.0951. The number of hydrogen-bond donors (Lipinski definition) is 3. The molecule has 1 aliphatic rings. The van der Waals surface area contributed by atoms with Gasteiger partial charge in [-0.2, -0.15) is 0 Å². The minimum atomic E-state index is -0.119. The van der Waals surface area contributed by atoms with Crippen LogP contribution in [0.2, 0.25) is 0 Å². The van der Waals surface area contributed by atoms with Crippen molar-refractivity contribution in [1.29, 1.82) is 0 Å². The number of aromatic nitrogens is 1. The highest BCUT2D eigenvalue weighted by atomic mass is 16.1. The molecule has 104 valence electrons. The van der Waals surface area contributed by atoms with Gasteiger partial charge in [0.15, 0.2) is 0 Å². The number of carbonyl (C=O) groups is 1. The molecule has 1 aromatic rings. The Morgan fingerprint density at radius 3 is 3.21 bits per heavy atom. The van der Waals surface area contributed by atoms with Gasteiger partial charge in [-0.3, -0.25) is 9.78 Å². The first-order valence-electron chi connectivity index (χ1n) is 6.98. The first-order chi connectivity index (χ1) is 9.29. The van der Waals surface area contributed by atoms with Crippen molar-refractivity contribution in [3.63, 3.8) is 0 Å². The zero-order valence-electron chi connectivity index (χ0n) is 11.4. The van der Waals surface area contributed by atoms with Crippen molar-refractivity contribution in [2.75, 3.05) is 31.5 Å². The second-order valence-corrected chi connectivity index (χ2v) is 4.86. The largest absolute Gasteiger partial charge is 0.385 e. The standard InChI is InChI=1S/C14H22N4O/c1-2-16-14(19)13-9-12(5-8-18-13)17-7-4-11-3-6-15-10-11/h5,8-9,11,15H,2-4,6-7,10H2,1H3,(H,16,19)(H,17,18). The molecule has 2 rings (SSSR count). The predicted molar refractivity (Wildman–Crippen MR) is 76.3 cm³/mol. The van der Waals surface area contributed by atoms with E-state index in [-0.39, 0.29) is 5.91 Å². The molecule has 1 saturated heterocycles. The Kier molecular flexibility index (Phi) is 5.15. The smallest absolute Gasteiger partial charge is 0.269 e. The summed E-state index contributed by atoms with van der Waals surface area (Å²) in [6.07, 6.45) is 4.10. The minimum absolute atomic E-state index is 0.119. The SMILES string of the molecule is CCNC(=O)c1cc(NCCC2CCNC2)ccn1. The van der Waals surface area contributed by atoms with Crippen molar-refractivity contribution < 1.29 is 4.79 Å². The van der Waals surface area contributed by atoms with Gasteiger partial charge in [0.2, 0.25) is 0 Å². The molecule has 0 spiro atoms. The van der Waals surface area contributed by atoms with Crippen molar-refractivity contribution >= 4 is 11.6 Å². The van der Waals surface area contributed by atoms with Crippen LogP contribution in [0, 0.1) is 5.92 Å². The lowest BCUT2D eigenvalue weighted by Crippen LogP contribution is -2.23. The molecule has 2 heterocycles. The molecule has 1 aromatic heterocycles. The van der Waals surface area contributed by atoms with Crippen LogP contribution in [0.25, 0.3) is 0 Å². The monoisotopic (exact) mass is 262 g/mol. The van der Waals surface area contributed by atoms with Crippen LogP contribution in [0.15, 0.2) is 18.3 Å². The number of rotatable bonds is 6. The number of pyridine rings is 1. The Hall–Kier alpha value is -1.62. The maximum atomic E-state index is 11.7. The van der Waals surface area contributed by atoms with Gasteiger partial charge < -0.3 is 16.0 Å². The third-order valence-corrected chi connectivity index (χ3v) is 3.37. The Morgan fingerprint density at radius 2 is 2.47 bits per heavy atom. The maximum absolute atomic E-state index is 11.7. The van der Waals surface area contributed by atoms with Crippen LogP contribution in [-0.4, -0.2) is 37.1 Å². The summed E-state index contributed by atoms with van der Waals surface area (Å²) >= 11 is 0. The first kappa shape index (κ1) is 13.8. The topological polar surface area (TPSA) is 66.1 Å². The van der Waals surface area contributed by atoms with E-state index in [2.05, 4.69) is 20.9 Å². The summed E-state index contributed by atoms with van der Waals surface area (Å²) in [5.41, 5.74) is 1.43. The molecular formula is C14H22N4O. The highest BCUT2D eigenvalue weighted by Crippen LogP contribution is 2.13. The second-order valence-electron chi connectivity index (χ2n) is 4.86. The van der Waals surface area contributed by atoms with E-state index in [0.29, 0.717) is 12.2 Å². The van der Waals surface area contributed by atoms with E-state index in [1.807, 2.05) is 13.0 Å². The average molecular weight is 262 g/mol. The van der Waals surface area contributed by atoms with E-state index in [9.17, 15) is 4.79 Å². The number of anilines is 1. The molecule has 0 saturated carbocycles. The number of nitrogens with one attached hydrogen (secondary N) is 3. The predicted octanol–water partition coefficient (Wildman–Crippen LogP) is 1.24. The molecule has 1 unspecified atom stereocenters. The molecule has 19 heavy (non-hydrogen) atoms. The van der Waals surface area contributed by atoms with E-state index >= 15 is 0 Å². The van der Waals surface area contributed by atoms with Crippen LogP contribution in [0.4, 0.5) is 5.69 Å². The Morgan fingerprint density at radius 1 is 1.58 bits per heavy atom. The summed E-state index contributed by atoms with van der Waals surface area (Å²) in [6, 6.07) is 3.70. The van der Waals surface area contributed by atoms with Crippen molar-refractivity contribution in [1.82, 2.24) is 15.6 Å². The summed E-state index contributed by atoms with van der Waals surface area (Å²) in [5, 5.41) is 9.48. The van der Waals surface area contributed by atoms with Gasteiger partial charge >= 0.3 is 0 Å². The summed E-state index contributed by atoms with van der Waals surface area (Å²) in [6.45, 7) is 5.72. The van der Waals surface area contributed by atoms with Gasteiger partial charge in [0.25, 0.3) is 5.91 Å². The van der Waals surface area contributed by atoms with Gasteiger partial charge in [-0.15, -0.1) is 0 Å². The molecule has 0 radical (unpaired) electrons. The zero-order chi connectivity index (χ0) is 13.5. The van der Waals surface area contributed by atoms with E-state index < -0.39 is 0 Å². The van der Waals surface area contributed by atoms with Crippen molar-refractivity contribution in [2.24, 2.45) is 5.92 Å². The van der Waals surface area contributed by atoms with Crippen LogP contribution >= 0.6 is 0 Å². The van der Waals surface area contributed by atoms with Crippen molar-refractivity contribution in [3.05, 3.63) is 24.0 Å². The fraction of sp³-hybridized carbons (Fsp3) is 0.571. The van der Waals surface area contributed by atoms with Gasteiger partial charge in [0.05, 0.1) is 0 Å². The first-order valence-corrected chi connectivity index (χ1v) is 6.98. The molecule has 0 bridgehead atoms. The molecule has 3 N–H and O–H groups in total. The minimum Gasteiger partial charge on any atom is -0.385 e. The molecule has 0 aromatic carbocycles. The van der Waals surface area contributed by atoms with Crippen LogP contribution < -0.4 is 16.0 Å². The van der Waals surface area contributed by atoms with Crippen LogP contribution in [0.3, 0.4) is 0 Å². The molecule has 1 atom stereocenters. The van der Waals surface area contributed by atoms with Gasteiger partial charge in [-0.1, -0.05) is 0 Å². The van der Waals surface area contributed by atoms with E-state index in [1.165, 1.54) is 6.42 Å². The molecule has 1 aliphatic heterocycles. The van der Waals surface area contributed by atoms with E-state index in [4.69, 9.17) is 0 Å². The van der Waals surface area contributed by atoms with Gasteiger partial charge in [-0.25, -0.2) is 0 Å². The summed E-state index contributed by atoms with van der Waals surface area (Å²) in [5.74, 6) is 0.656. The van der Waals surface area contributed by atoms with E-state index in [0.717, 1.165) is 37.7 Å². The van der Waals surface area contributed by atoms with Gasteiger partial charge in [0.1, 0.15) is 5.69 Å². The molecule has 1 amide bonds. The number of amides is 1. The van der Waals surface area contributed by atoms with Gasteiger partial charge in [-0.05, 0) is 50.9 Å². The molecular weight excluding hydrogens is 240 g/mol. The summed E-state index contributed by atoms with van der Waals surface area (Å²) in [7, 11) is 0. The van der Waals surface area contributed by atoms with Gasteiger partial charge in [0, 0.05) is 25.0 Å². The molecule has 0 aliphatic carbocycles. The number of nitrogens with zero attached hydrogens (tertiary/aromatic N) is 1. The summed E-state index contributed by atoms with van der Waals surface area (Å²) < 4.78 is 0. The molecule has 1 fully saturated rings. The van der Waals surface area contributed by atoms with Crippen molar-refractivity contribution in [3.8, 4) is 0 Å². The van der Waals surface area contributed by atoms with Crippen molar-refractivity contribution in [2.45, 2.75) is 19.8 Å². The second kappa shape index (κ2) is 7.09. The van der Waals surface area contributed by atoms with E-state index in [1.54, 1.807) is 12.3 Å². The number of carbonyl (C=O) groups excluding carboxylic acids is 1. The lowest BCUT2D eigenvalue weighted by Gasteiger charge is -2.11. The Bertz CT molecular complexity index is 416. The third-order valence-electron chi connectivity index (χ3n) is 3.37. The normalized spacial score (nSPS) is 18.3. The summed E-state index contributed by atoms with van der Waals surface area (Å²) in [4.78, 5) is 15.8. The van der Waals surface area contributed by atoms with Crippen LogP contribution in [0.5, 0.6) is 0 Å². The Balaban J connectivity index is 1.82. The molecule has 5 nitrogen and oxygen atoms in total. The molecule has 5 heteroatoms. The van der Waals surface area contributed by atoms with Crippen LogP contribution in [-0.2, 0) is 0 Å². The average Bonchev–Trinajstić information content (AvgIpc) is 2.93. The fourth-order valence-electron chi connectivity index (χ4n) is 2.30. The zero-order valence-corrected chi connectivity index (χ0v) is 11.4. The fourth-order valence-corrected chi connectivity index (χ4v) is 2.30. The highest BCUT2D eigenvalue weighted by Gasteiger charge is 2.13.